The van der Waals surface area contributed by atoms with E-state index >= 15 is 0 Å². The Morgan fingerprint density at radius 1 is 1.38 bits per heavy atom. The lowest BCUT2D eigenvalue weighted by molar-refractivity contribution is -0.155. The Kier molecular flexibility index (Phi) is 8.42. The monoisotopic (exact) mass is 373 g/mol. The quantitative estimate of drug-likeness (QED) is 0.603. The van der Waals surface area contributed by atoms with E-state index in [0.717, 1.165) is 0 Å². The van der Waals surface area contributed by atoms with Crippen LogP contribution in [0, 0.1) is 0 Å². The molecule has 0 unspecified atom stereocenters. The van der Waals surface area contributed by atoms with Crippen LogP contribution in [0.5, 0.6) is 0 Å². The number of urea groups is 1. The van der Waals surface area contributed by atoms with E-state index < -0.39 is 30.1 Å². The van der Waals surface area contributed by atoms with Crippen molar-refractivity contribution in [3.05, 3.63) is 29.3 Å². The fraction of sp³-hybridized carbons (Fsp3) is 0.400. The molecule has 0 spiro atoms. The van der Waals surface area contributed by atoms with Crippen molar-refractivity contribution in [3.8, 4) is 0 Å². The molecular formula is C15H20ClN3O4S. The Bertz CT molecular complexity index is 600. The SMILES string of the molecule is CSCC[C@H](NC(N)=O)C(=O)O[C@H](C)C(=O)Nc1cccc(Cl)c1. The number of ether oxygens (including phenoxy) is 1. The molecule has 1 aromatic rings. The van der Waals surface area contributed by atoms with Crippen molar-refractivity contribution < 1.29 is 19.1 Å². The van der Waals surface area contributed by atoms with Gasteiger partial charge in [0.25, 0.3) is 5.91 Å². The molecule has 0 saturated heterocycles. The number of hydrogen-bond donors (Lipinski definition) is 3. The number of rotatable bonds is 8. The summed E-state index contributed by atoms with van der Waals surface area (Å²) in [5.74, 6) is -0.590. The minimum Gasteiger partial charge on any atom is -0.451 e. The highest BCUT2D eigenvalue weighted by Crippen LogP contribution is 2.15. The molecule has 132 valence electrons. The lowest BCUT2D eigenvalue weighted by atomic mass is 10.2. The Hall–Kier alpha value is -1.93. The molecule has 9 heteroatoms. The van der Waals surface area contributed by atoms with Crippen LogP contribution < -0.4 is 16.4 Å². The van der Waals surface area contributed by atoms with Gasteiger partial charge in [0.15, 0.2) is 6.10 Å². The number of carbonyl (C=O) groups is 3. The molecule has 0 heterocycles. The Labute approximate surface area is 149 Å². The minimum atomic E-state index is -1.04. The number of nitrogens with one attached hydrogen (secondary N) is 2. The van der Waals surface area contributed by atoms with E-state index in [2.05, 4.69) is 10.6 Å². The maximum Gasteiger partial charge on any atom is 0.329 e. The second kappa shape index (κ2) is 10.0. The maximum atomic E-state index is 12.1. The number of nitrogens with two attached hydrogens (primary N) is 1. The summed E-state index contributed by atoms with van der Waals surface area (Å²) in [6.07, 6.45) is 1.18. The molecule has 0 aliphatic carbocycles. The van der Waals surface area contributed by atoms with Gasteiger partial charge < -0.3 is 21.1 Å². The molecule has 0 aliphatic rings. The van der Waals surface area contributed by atoms with Gasteiger partial charge in [-0.2, -0.15) is 11.8 Å². The molecule has 0 saturated carbocycles. The number of primary amides is 1. The highest BCUT2D eigenvalue weighted by molar-refractivity contribution is 7.98. The number of thioether (sulfide) groups is 1. The smallest absolute Gasteiger partial charge is 0.329 e. The normalized spacial score (nSPS) is 12.8. The lowest BCUT2D eigenvalue weighted by Crippen LogP contribution is -2.46. The van der Waals surface area contributed by atoms with Gasteiger partial charge >= 0.3 is 12.0 Å². The van der Waals surface area contributed by atoms with Crippen LogP contribution in [-0.2, 0) is 14.3 Å². The van der Waals surface area contributed by atoms with Crippen LogP contribution in [0.4, 0.5) is 10.5 Å². The number of hydrogen-bond acceptors (Lipinski definition) is 5. The molecule has 3 amide bonds. The molecule has 2 atom stereocenters. The molecule has 7 nitrogen and oxygen atoms in total. The van der Waals surface area contributed by atoms with Gasteiger partial charge in [-0.15, -0.1) is 0 Å². The predicted molar refractivity (Wildman–Crippen MR) is 95.1 cm³/mol. The van der Waals surface area contributed by atoms with Crippen LogP contribution in [0.25, 0.3) is 0 Å². The summed E-state index contributed by atoms with van der Waals surface area (Å²) >= 11 is 7.35. The van der Waals surface area contributed by atoms with Gasteiger partial charge in [0.1, 0.15) is 6.04 Å². The van der Waals surface area contributed by atoms with E-state index in [1.807, 2.05) is 6.26 Å². The summed E-state index contributed by atoms with van der Waals surface area (Å²) in [6.45, 7) is 1.44. The molecule has 0 aromatic heterocycles. The van der Waals surface area contributed by atoms with E-state index in [1.54, 1.807) is 24.3 Å². The van der Waals surface area contributed by atoms with Crippen LogP contribution in [0.3, 0.4) is 0 Å². The van der Waals surface area contributed by atoms with Gasteiger partial charge in [-0.05, 0) is 43.6 Å². The Morgan fingerprint density at radius 3 is 2.67 bits per heavy atom. The van der Waals surface area contributed by atoms with E-state index in [4.69, 9.17) is 22.1 Å². The first-order chi connectivity index (χ1) is 11.3. The number of benzene rings is 1. The number of amides is 3. The molecule has 0 aliphatic heterocycles. The predicted octanol–water partition coefficient (Wildman–Crippen LogP) is 2.00. The van der Waals surface area contributed by atoms with Crippen LogP contribution in [0.1, 0.15) is 13.3 Å². The summed E-state index contributed by atoms with van der Waals surface area (Å²) in [6, 6.07) is 4.87. The fourth-order valence-corrected chi connectivity index (χ4v) is 2.44. The van der Waals surface area contributed by atoms with Gasteiger partial charge in [0.05, 0.1) is 0 Å². The molecule has 4 N–H and O–H groups in total. The van der Waals surface area contributed by atoms with Gasteiger partial charge in [0.2, 0.25) is 0 Å². The van der Waals surface area contributed by atoms with Crippen molar-refractivity contribution in [2.24, 2.45) is 5.73 Å². The number of anilines is 1. The van der Waals surface area contributed by atoms with E-state index in [0.29, 0.717) is 22.9 Å². The van der Waals surface area contributed by atoms with Crippen LogP contribution in [0.2, 0.25) is 5.02 Å². The second-order valence-electron chi connectivity index (χ2n) is 4.92. The van der Waals surface area contributed by atoms with Gasteiger partial charge in [-0.25, -0.2) is 9.59 Å². The zero-order chi connectivity index (χ0) is 18.1. The third kappa shape index (κ3) is 7.10. The number of carbonyl (C=O) groups excluding carboxylic acids is 3. The number of esters is 1. The van der Waals surface area contributed by atoms with E-state index in [-0.39, 0.29) is 0 Å². The average Bonchev–Trinajstić information content (AvgIpc) is 2.50. The summed E-state index contributed by atoms with van der Waals surface area (Å²) in [5.41, 5.74) is 5.54. The van der Waals surface area contributed by atoms with Crippen LogP contribution >= 0.6 is 23.4 Å². The van der Waals surface area contributed by atoms with Gasteiger partial charge in [-0.3, -0.25) is 4.79 Å². The van der Waals surface area contributed by atoms with Crippen molar-refractivity contribution >= 4 is 47.0 Å². The Balaban J connectivity index is 2.62. The summed E-state index contributed by atoms with van der Waals surface area (Å²) < 4.78 is 5.11. The minimum absolute atomic E-state index is 0.353. The summed E-state index contributed by atoms with van der Waals surface area (Å²) in [4.78, 5) is 35.1. The average molecular weight is 374 g/mol. The first kappa shape index (κ1) is 20.1. The molecule has 0 bridgehead atoms. The maximum absolute atomic E-state index is 12.1. The van der Waals surface area contributed by atoms with Crippen LogP contribution in [0.15, 0.2) is 24.3 Å². The first-order valence-electron chi connectivity index (χ1n) is 7.15. The van der Waals surface area contributed by atoms with Crippen molar-refractivity contribution in [3.63, 3.8) is 0 Å². The largest absolute Gasteiger partial charge is 0.451 e. The molecule has 0 fully saturated rings. The van der Waals surface area contributed by atoms with E-state index in [9.17, 15) is 14.4 Å². The third-order valence-corrected chi connectivity index (χ3v) is 3.85. The molecule has 1 aromatic carbocycles. The Morgan fingerprint density at radius 2 is 2.08 bits per heavy atom. The van der Waals surface area contributed by atoms with E-state index in [1.165, 1.54) is 18.7 Å². The molecule has 1 rings (SSSR count). The summed E-state index contributed by atoms with van der Waals surface area (Å²) in [7, 11) is 0. The topological polar surface area (TPSA) is 111 Å². The first-order valence-corrected chi connectivity index (χ1v) is 8.92. The zero-order valence-electron chi connectivity index (χ0n) is 13.4. The molecular weight excluding hydrogens is 354 g/mol. The molecule has 24 heavy (non-hydrogen) atoms. The van der Waals surface area contributed by atoms with Crippen molar-refractivity contribution in [1.82, 2.24) is 5.32 Å². The molecule has 0 radical (unpaired) electrons. The standard InChI is InChI=1S/C15H20ClN3O4S/c1-9(13(20)18-11-5-3-4-10(16)8-11)23-14(21)12(6-7-24-2)19-15(17)22/h3-5,8-9,12H,6-7H2,1-2H3,(H,18,20)(H3,17,19,22)/t9-,12+/m1/s1. The fourth-order valence-electron chi connectivity index (χ4n) is 1.78. The van der Waals surface area contributed by atoms with Crippen LogP contribution in [-0.4, -0.2) is 42.1 Å². The van der Waals surface area contributed by atoms with Gasteiger partial charge in [0, 0.05) is 10.7 Å². The third-order valence-electron chi connectivity index (χ3n) is 2.97. The summed E-state index contributed by atoms with van der Waals surface area (Å²) in [5, 5.41) is 5.38. The van der Waals surface area contributed by atoms with Gasteiger partial charge in [-0.1, -0.05) is 17.7 Å². The lowest BCUT2D eigenvalue weighted by Gasteiger charge is -2.19. The highest BCUT2D eigenvalue weighted by atomic mass is 35.5. The van der Waals surface area contributed by atoms with Crippen molar-refractivity contribution in [1.29, 1.82) is 0 Å². The zero-order valence-corrected chi connectivity index (χ0v) is 14.9. The highest BCUT2D eigenvalue weighted by Gasteiger charge is 2.25. The number of halogens is 1. The second-order valence-corrected chi connectivity index (χ2v) is 6.34. The van der Waals surface area contributed by atoms with Crippen molar-refractivity contribution in [2.75, 3.05) is 17.3 Å². The van der Waals surface area contributed by atoms with Crippen molar-refractivity contribution in [2.45, 2.75) is 25.5 Å².